The van der Waals surface area contributed by atoms with Gasteiger partial charge in [-0.3, -0.25) is 4.79 Å². The molecule has 3 N–H and O–H groups in total. The summed E-state index contributed by atoms with van der Waals surface area (Å²) in [6.45, 7) is 3.08. The zero-order chi connectivity index (χ0) is 15.2. The minimum absolute atomic E-state index is 0.324. The quantitative estimate of drug-likeness (QED) is 0.784. The molecule has 0 amide bonds. The Morgan fingerprint density at radius 2 is 2.19 bits per heavy atom. The van der Waals surface area contributed by atoms with Crippen molar-refractivity contribution < 1.29 is 14.6 Å². The molecule has 2 aromatic rings. The molecule has 1 aliphatic rings. The Hall–Kier alpha value is -2.14. The molecule has 1 heterocycles. The number of rotatable bonds is 1. The third-order valence-electron chi connectivity index (χ3n) is 3.87. The monoisotopic (exact) mass is 286 g/mol. The van der Waals surface area contributed by atoms with Crippen LogP contribution in [0.4, 0.5) is 5.69 Å². The standard InChI is InChI=1S/C16H18N2O3/c1-9(19)21-13-8-16(2,20)7-11-14(17)10-5-3-4-6-12(10)18-15(11)13/h3-6,13,20H,7-8H2,1-2H3,(H2,17,18). The lowest BCUT2D eigenvalue weighted by Gasteiger charge is -2.35. The number of nitrogens with two attached hydrogens (primary N) is 1. The van der Waals surface area contributed by atoms with E-state index in [4.69, 9.17) is 10.5 Å². The number of carbonyl (C=O) groups excluding carboxylic acids is 1. The molecule has 21 heavy (non-hydrogen) atoms. The van der Waals surface area contributed by atoms with Gasteiger partial charge in [0.1, 0.15) is 6.10 Å². The van der Waals surface area contributed by atoms with Gasteiger partial charge in [0.15, 0.2) is 0 Å². The molecule has 0 spiro atoms. The summed E-state index contributed by atoms with van der Waals surface area (Å²) in [6, 6.07) is 7.57. The van der Waals surface area contributed by atoms with Gasteiger partial charge < -0.3 is 15.6 Å². The molecule has 1 aromatic heterocycles. The number of hydrogen-bond acceptors (Lipinski definition) is 5. The van der Waals surface area contributed by atoms with E-state index in [1.165, 1.54) is 6.92 Å². The lowest BCUT2D eigenvalue weighted by molar-refractivity contribution is -0.150. The molecule has 0 radical (unpaired) electrons. The van der Waals surface area contributed by atoms with Crippen LogP contribution in [0.1, 0.15) is 37.6 Å². The maximum atomic E-state index is 11.3. The SMILES string of the molecule is CC(=O)OC1CC(C)(O)Cc2c1nc1ccccc1c2N. The van der Waals surface area contributed by atoms with E-state index in [0.717, 1.165) is 16.5 Å². The van der Waals surface area contributed by atoms with Crippen LogP contribution < -0.4 is 5.73 Å². The Labute approximate surface area is 122 Å². The second kappa shape index (κ2) is 4.70. The number of hydrogen-bond donors (Lipinski definition) is 2. The lowest BCUT2D eigenvalue weighted by atomic mass is 9.81. The fourth-order valence-electron chi connectivity index (χ4n) is 3.00. The third kappa shape index (κ3) is 2.45. The second-order valence-electron chi connectivity index (χ2n) is 5.88. The van der Waals surface area contributed by atoms with E-state index in [2.05, 4.69) is 4.98 Å². The zero-order valence-corrected chi connectivity index (χ0v) is 12.1. The highest BCUT2D eigenvalue weighted by molar-refractivity contribution is 5.92. The van der Waals surface area contributed by atoms with Gasteiger partial charge in [0.2, 0.25) is 0 Å². The summed E-state index contributed by atoms with van der Waals surface area (Å²) in [5.74, 6) is -0.391. The predicted molar refractivity (Wildman–Crippen MR) is 79.6 cm³/mol. The van der Waals surface area contributed by atoms with Crippen molar-refractivity contribution in [3.05, 3.63) is 35.5 Å². The summed E-state index contributed by atoms with van der Waals surface area (Å²) >= 11 is 0. The van der Waals surface area contributed by atoms with Crippen LogP contribution in [-0.4, -0.2) is 21.7 Å². The second-order valence-corrected chi connectivity index (χ2v) is 5.88. The first-order chi connectivity index (χ1) is 9.87. The molecule has 0 saturated heterocycles. The summed E-state index contributed by atoms with van der Waals surface area (Å²) in [6.07, 6.45) is 0.168. The molecule has 1 aromatic carbocycles. The smallest absolute Gasteiger partial charge is 0.303 e. The highest BCUT2D eigenvalue weighted by atomic mass is 16.5. The van der Waals surface area contributed by atoms with E-state index < -0.39 is 17.7 Å². The highest BCUT2D eigenvalue weighted by Crippen LogP contribution is 2.41. The summed E-state index contributed by atoms with van der Waals surface area (Å²) in [4.78, 5) is 15.9. The molecule has 0 saturated carbocycles. The van der Waals surface area contributed by atoms with E-state index in [9.17, 15) is 9.90 Å². The van der Waals surface area contributed by atoms with Crippen LogP contribution in [0.2, 0.25) is 0 Å². The first-order valence-corrected chi connectivity index (χ1v) is 6.94. The molecule has 1 aliphatic carbocycles. The third-order valence-corrected chi connectivity index (χ3v) is 3.87. The summed E-state index contributed by atoms with van der Waals surface area (Å²) in [5, 5.41) is 11.3. The van der Waals surface area contributed by atoms with Crippen LogP contribution in [0.25, 0.3) is 10.9 Å². The van der Waals surface area contributed by atoms with Gasteiger partial charge >= 0.3 is 5.97 Å². The van der Waals surface area contributed by atoms with Crippen LogP contribution in [0.5, 0.6) is 0 Å². The molecule has 110 valence electrons. The molecular weight excluding hydrogens is 268 g/mol. The number of fused-ring (bicyclic) bond motifs is 2. The van der Waals surface area contributed by atoms with Gasteiger partial charge in [-0.1, -0.05) is 18.2 Å². The molecule has 0 aliphatic heterocycles. The van der Waals surface area contributed by atoms with Crippen LogP contribution >= 0.6 is 0 Å². The molecule has 3 rings (SSSR count). The van der Waals surface area contributed by atoms with Crippen molar-refractivity contribution >= 4 is 22.6 Å². The Balaban J connectivity index is 2.22. The lowest BCUT2D eigenvalue weighted by Crippen LogP contribution is -2.37. The Morgan fingerprint density at radius 1 is 1.48 bits per heavy atom. The van der Waals surface area contributed by atoms with Crippen LogP contribution in [-0.2, 0) is 16.0 Å². The van der Waals surface area contributed by atoms with Crippen molar-refractivity contribution in [1.29, 1.82) is 0 Å². The van der Waals surface area contributed by atoms with Gasteiger partial charge in [-0.25, -0.2) is 4.98 Å². The number of nitrogen functional groups attached to an aromatic ring is 1. The largest absolute Gasteiger partial charge is 0.456 e. The molecule has 0 bridgehead atoms. The van der Waals surface area contributed by atoms with E-state index in [-0.39, 0.29) is 0 Å². The first-order valence-electron chi connectivity index (χ1n) is 6.94. The average Bonchev–Trinajstić information content (AvgIpc) is 2.39. The van der Waals surface area contributed by atoms with Crippen molar-refractivity contribution in [2.24, 2.45) is 0 Å². The summed E-state index contributed by atoms with van der Waals surface area (Å²) in [5.41, 5.74) is 8.10. The van der Waals surface area contributed by atoms with Crippen LogP contribution in [0.3, 0.4) is 0 Å². The van der Waals surface area contributed by atoms with E-state index in [1.54, 1.807) is 6.92 Å². The highest BCUT2D eigenvalue weighted by Gasteiger charge is 2.38. The summed E-state index contributed by atoms with van der Waals surface area (Å²) < 4.78 is 5.34. The Morgan fingerprint density at radius 3 is 2.90 bits per heavy atom. The van der Waals surface area contributed by atoms with Gasteiger partial charge in [-0.15, -0.1) is 0 Å². The van der Waals surface area contributed by atoms with Crippen molar-refractivity contribution in [1.82, 2.24) is 4.98 Å². The van der Waals surface area contributed by atoms with E-state index in [0.29, 0.717) is 24.2 Å². The molecule has 2 atom stereocenters. The molecule has 5 heteroatoms. The van der Waals surface area contributed by atoms with Crippen molar-refractivity contribution in [3.63, 3.8) is 0 Å². The van der Waals surface area contributed by atoms with Crippen molar-refractivity contribution in [2.45, 2.75) is 38.4 Å². The number of aliphatic hydroxyl groups is 1. The number of anilines is 1. The van der Waals surface area contributed by atoms with E-state index >= 15 is 0 Å². The van der Waals surface area contributed by atoms with Crippen molar-refractivity contribution in [2.75, 3.05) is 5.73 Å². The average molecular weight is 286 g/mol. The minimum atomic E-state index is -0.967. The number of aromatic nitrogens is 1. The predicted octanol–water partition coefficient (Wildman–Crippen LogP) is 2.12. The maximum Gasteiger partial charge on any atom is 0.303 e. The number of nitrogens with zero attached hydrogens (tertiary/aromatic N) is 1. The maximum absolute atomic E-state index is 11.3. The number of ether oxygens (including phenoxy) is 1. The fourth-order valence-corrected chi connectivity index (χ4v) is 3.00. The van der Waals surface area contributed by atoms with E-state index in [1.807, 2.05) is 24.3 Å². The first kappa shape index (κ1) is 13.8. The number of pyridine rings is 1. The fraction of sp³-hybridized carbons (Fsp3) is 0.375. The Kier molecular flexibility index (Phi) is 3.10. The molecule has 0 fully saturated rings. The zero-order valence-electron chi connectivity index (χ0n) is 12.1. The topological polar surface area (TPSA) is 85.4 Å². The van der Waals surface area contributed by atoms with Crippen LogP contribution in [0, 0.1) is 0 Å². The van der Waals surface area contributed by atoms with Gasteiger partial charge in [0.25, 0.3) is 0 Å². The van der Waals surface area contributed by atoms with Gasteiger partial charge in [-0.2, -0.15) is 0 Å². The van der Waals surface area contributed by atoms with Gasteiger partial charge in [-0.05, 0) is 13.0 Å². The normalized spacial score (nSPS) is 24.6. The number of benzene rings is 1. The molecule has 2 unspecified atom stereocenters. The molecular formula is C16H18N2O3. The van der Waals surface area contributed by atoms with Gasteiger partial charge in [0.05, 0.1) is 16.8 Å². The van der Waals surface area contributed by atoms with Crippen molar-refractivity contribution in [3.8, 4) is 0 Å². The Bertz CT molecular complexity index is 725. The number of para-hydroxylation sites is 1. The summed E-state index contributed by atoms with van der Waals surface area (Å²) in [7, 11) is 0. The van der Waals surface area contributed by atoms with Crippen LogP contribution in [0.15, 0.2) is 24.3 Å². The molecule has 5 nitrogen and oxygen atoms in total. The van der Waals surface area contributed by atoms with Gasteiger partial charge in [0, 0.05) is 36.4 Å². The number of carbonyl (C=O) groups is 1. The number of esters is 1. The minimum Gasteiger partial charge on any atom is -0.456 e.